The number of aromatic nitrogens is 3. The van der Waals surface area contributed by atoms with Gasteiger partial charge in [0.2, 0.25) is 5.88 Å². The molecule has 0 atom stereocenters. The average molecular weight is 253 g/mol. The number of hydrogen-bond donors (Lipinski definition) is 0. The van der Waals surface area contributed by atoms with Crippen LogP contribution in [0.2, 0.25) is 0 Å². The van der Waals surface area contributed by atoms with Gasteiger partial charge in [0.15, 0.2) is 0 Å². The van der Waals surface area contributed by atoms with Crippen molar-refractivity contribution in [1.82, 2.24) is 14.8 Å². The number of methoxy groups -OCH3 is 1. The fourth-order valence-corrected chi connectivity index (χ4v) is 1.54. The van der Waals surface area contributed by atoms with Crippen molar-refractivity contribution in [1.29, 1.82) is 0 Å². The molecule has 6 heteroatoms. The smallest absolute Gasteiger partial charge is 0.264 e. The van der Waals surface area contributed by atoms with E-state index in [2.05, 4.69) is 10.1 Å². The van der Waals surface area contributed by atoms with Gasteiger partial charge in [0.05, 0.1) is 12.8 Å². The first-order valence-electron chi connectivity index (χ1n) is 5.40. The molecule has 2 aromatic heterocycles. The maximum Gasteiger partial charge on any atom is 0.264 e. The highest BCUT2D eigenvalue weighted by molar-refractivity contribution is 5.57. The van der Waals surface area contributed by atoms with Gasteiger partial charge in [-0.15, -0.1) is 0 Å². The number of nitrogens with zero attached hydrogens (tertiary/aromatic N) is 3. The Morgan fingerprint density at radius 2 is 2.11 bits per heavy atom. The standard InChI is InChI=1S/C12H13F2N3O/c1-12(13,14)8-17-6-5-10(16-17)9-3-4-11(18-2)15-7-9/h3-7H,8H2,1-2H3. The van der Waals surface area contributed by atoms with Gasteiger partial charge in [-0.3, -0.25) is 4.68 Å². The number of ether oxygens (including phenoxy) is 1. The Bertz CT molecular complexity index is 517. The highest BCUT2D eigenvalue weighted by atomic mass is 19.3. The van der Waals surface area contributed by atoms with Crippen LogP contribution in [-0.2, 0) is 6.54 Å². The van der Waals surface area contributed by atoms with Crippen molar-refractivity contribution in [2.75, 3.05) is 7.11 Å². The van der Waals surface area contributed by atoms with Gasteiger partial charge in [0, 0.05) is 30.9 Å². The summed E-state index contributed by atoms with van der Waals surface area (Å²) in [5, 5.41) is 4.08. The van der Waals surface area contributed by atoms with Crippen molar-refractivity contribution in [2.45, 2.75) is 19.4 Å². The van der Waals surface area contributed by atoms with Crippen molar-refractivity contribution in [3.05, 3.63) is 30.6 Å². The van der Waals surface area contributed by atoms with Crippen molar-refractivity contribution in [3.63, 3.8) is 0 Å². The largest absolute Gasteiger partial charge is 0.481 e. The Balaban J connectivity index is 2.18. The summed E-state index contributed by atoms with van der Waals surface area (Å²) in [6.07, 6.45) is 3.12. The molecule has 0 amide bonds. The molecule has 0 spiro atoms. The molecule has 0 saturated carbocycles. The summed E-state index contributed by atoms with van der Waals surface area (Å²) in [7, 11) is 1.53. The van der Waals surface area contributed by atoms with E-state index < -0.39 is 12.5 Å². The molecule has 0 aliphatic carbocycles. The molecular formula is C12H13F2N3O. The average Bonchev–Trinajstić information content (AvgIpc) is 2.75. The van der Waals surface area contributed by atoms with Crippen molar-refractivity contribution >= 4 is 0 Å². The Morgan fingerprint density at radius 3 is 2.67 bits per heavy atom. The van der Waals surface area contributed by atoms with Crippen LogP contribution in [0, 0.1) is 0 Å². The molecule has 0 fully saturated rings. The normalized spacial score (nSPS) is 11.6. The highest BCUT2D eigenvalue weighted by Gasteiger charge is 2.22. The van der Waals surface area contributed by atoms with Crippen molar-refractivity contribution in [3.8, 4) is 17.1 Å². The van der Waals surface area contributed by atoms with Crippen LogP contribution in [0.15, 0.2) is 30.6 Å². The molecule has 0 bridgehead atoms. The summed E-state index contributed by atoms with van der Waals surface area (Å²) >= 11 is 0. The van der Waals surface area contributed by atoms with Gasteiger partial charge in [0.25, 0.3) is 5.92 Å². The number of halogens is 2. The molecule has 0 saturated heterocycles. The third-order valence-corrected chi connectivity index (χ3v) is 2.32. The molecular weight excluding hydrogens is 240 g/mol. The van der Waals surface area contributed by atoms with E-state index in [9.17, 15) is 8.78 Å². The van der Waals surface area contributed by atoms with Gasteiger partial charge in [-0.1, -0.05) is 0 Å². The van der Waals surface area contributed by atoms with E-state index in [1.54, 1.807) is 24.4 Å². The minimum absolute atomic E-state index is 0.434. The van der Waals surface area contributed by atoms with Gasteiger partial charge < -0.3 is 4.74 Å². The molecule has 0 N–H and O–H groups in total. The van der Waals surface area contributed by atoms with E-state index in [-0.39, 0.29) is 0 Å². The van der Waals surface area contributed by atoms with E-state index in [1.165, 1.54) is 18.0 Å². The van der Waals surface area contributed by atoms with E-state index in [4.69, 9.17) is 4.74 Å². The SMILES string of the molecule is COc1ccc(-c2ccn(CC(C)(F)F)n2)cn1. The molecule has 0 radical (unpaired) electrons. The predicted octanol–water partition coefficient (Wildman–Crippen LogP) is 2.61. The summed E-state index contributed by atoms with van der Waals surface area (Å²) in [6.45, 7) is 0.430. The molecule has 0 aliphatic heterocycles. The third-order valence-electron chi connectivity index (χ3n) is 2.32. The van der Waals surface area contributed by atoms with Gasteiger partial charge in [0.1, 0.15) is 6.54 Å². The molecule has 0 unspecified atom stereocenters. The van der Waals surface area contributed by atoms with Crippen molar-refractivity contribution in [2.24, 2.45) is 0 Å². The summed E-state index contributed by atoms with van der Waals surface area (Å²) in [5.74, 6) is -2.28. The lowest BCUT2D eigenvalue weighted by atomic mass is 10.2. The second-order valence-electron chi connectivity index (χ2n) is 4.06. The Kier molecular flexibility index (Phi) is 3.27. The van der Waals surface area contributed by atoms with E-state index in [1.807, 2.05) is 0 Å². The second kappa shape index (κ2) is 4.72. The zero-order valence-electron chi connectivity index (χ0n) is 10.1. The summed E-state index contributed by atoms with van der Waals surface area (Å²) in [4.78, 5) is 4.04. The van der Waals surface area contributed by atoms with Crippen LogP contribution in [0.1, 0.15) is 6.92 Å². The lowest BCUT2D eigenvalue weighted by Crippen LogP contribution is -2.19. The first-order valence-corrected chi connectivity index (χ1v) is 5.40. The number of pyridine rings is 1. The number of rotatable bonds is 4. The maximum absolute atomic E-state index is 12.8. The lowest BCUT2D eigenvalue weighted by molar-refractivity contribution is 0.000657. The first-order chi connectivity index (χ1) is 8.48. The van der Waals surface area contributed by atoms with E-state index >= 15 is 0 Å². The Hall–Kier alpha value is -1.98. The summed E-state index contributed by atoms with van der Waals surface area (Å²) in [5.41, 5.74) is 1.36. The zero-order chi connectivity index (χ0) is 13.2. The van der Waals surface area contributed by atoms with Crippen LogP contribution in [0.5, 0.6) is 5.88 Å². The summed E-state index contributed by atoms with van der Waals surface area (Å²) in [6, 6.07) is 5.15. The number of alkyl halides is 2. The maximum atomic E-state index is 12.8. The predicted molar refractivity (Wildman–Crippen MR) is 62.6 cm³/mol. The Labute approximate surface area is 103 Å². The molecule has 0 aliphatic rings. The zero-order valence-corrected chi connectivity index (χ0v) is 10.1. The van der Waals surface area contributed by atoms with Crippen LogP contribution in [0.4, 0.5) is 8.78 Å². The topological polar surface area (TPSA) is 39.9 Å². The molecule has 0 aromatic carbocycles. The summed E-state index contributed by atoms with van der Waals surface area (Å²) < 4.78 is 31.8. The molecule has 2 rings (SSSR count). The quantitative estimate of drug-likeness (QED) is 0.840. The van der Waals surface area contributed by atoms with Crippen LogP contribution < -0.4 is 4.74 Å². The molecule has 2 heterocycles. The van der Waals surface area contributed by atoms with Crippen LogP contribution in [0.25, 0.3) is 11.3 Å². The third kappa shape index (κ3) is 3.03. The molecule has 96 valence electrons. The molecule has 18 heavy (non-hydrogen) atoms. The Morgan fingerprint density at radius 1 is 1.33 bits per heavy atom. The second-order valence-corrected chi connectivity index (χ2v) is 4.06. The minimum Gasteiger partial charge on any atom is -0.481 e. The van der Waals surface area contributed by atoms with E-state index in [0.717, 1.165) is 12.5 Å². The lowest BCUT2D eigenvalue weighted by Gasteiger charge is -2.09. The van der Waals surface area contributed by atoms with Gasteiger partial charge in [-0.05, 0) is 12.1 Å². The minimum atomic E-state index is -2.78. The van der Waals surface area contributed by atoms with Crippen molar-refractivity contribution < 1.29 is 13.5 Å². The highest BCUT2D eigenvalue weighted by Crippen LogP contribution is 2.20. The van der Waals surface area contributed by atoms with Crippen LogP contribution >= 0.6 is 0 Å². The van der Waals surface area contributed by atoms with E-state index in [0.29, 0.717) is 11.6 Å². The van der Waals surface area contributed by atoms with Gasteiger partial charge in [-0.25, -0.2) is 13.8 Å². The van der Waals surface area contributed by atoms with Crippen LogP contribution in [0.3, 0.4) is 0 Å². The molecule has 2 aromatic rings. The van der Waals surface area contributed by atoms with Gasteiger partial charge in [-0.2, -0.15) is 5.10 Å². The monoisotopic (exact) mass is 253 g/mol. The van der Waals surface area contributed by atoms with Crippen LogP contribution in [-0.4, -0.2) is 27.8 Å². The fraction of sp³-hybridized carbons (Fsp3) is 0.333. The fourth-order valence-electron chi connectivity index (χ4n) is 1.54. The van der Waals surface area contributed by atoms with Gasteiger partial charge >= 0.3 is 0 Å². The molecule has 4 nitrogen and oxygen atoms in total. The number of hydrogen-bond acceptors (Lipinski definition) is 3. The first kappa shape index (κ1) is 12.5.